The number of amides is 3. The summed E-state index contributed by atoms with van der Waals surface area (Å²) >= 11 is 6.25. The Balaban J connectivity index is 1.72. The first-order valence-electron chi connectivity index (χ1n) is 10.9. The number of carbonyl (C=O) groups excluding carboxylic acids is 4. The van der Waals surface area contributed by atoms with Crippen LogP contribution in [0.2, 0.25) is 5.02 Å². The highest BCUT2D eigenvalue weighted by molar-refractivity contribution is 6.34. The van der Waals surface area contributed by atoms with Crippen molar-refractivity contribution in [3.05, 3.63) is 81.4 Å². The normalized spacial score (nSPS) is 19.9. The smallest absolute Gasteiger partial charge is 0.274 e. The number of nitrogens with zero attached hydrogens (tertiary/aromatic N) is 2. The molecular formula is C26H25ClN2O4. The average Bonchev–Trinajstić information content (AvgIpc) is 3.03. The summed E-state index contributed by atoms with van der Waals surface area (Å²) in [4.78, 5) is 53.3. The van der Waals surface area contributed by atoms with Gasteiger partial charge >= 0.3 is 0 Å². The van der Waals surface area contributed by atoms with Crippen molar-refractivity contribution in [2.75, 3.05) is 6.54 Å². The van der Waals surface area contributed by atoms with Gasteiger partial charge in [-0.05, 0) is 62.9 Å². The molecule has 0 N–H and O–H groups in total. The predicted octanol–water partition coefficient (Wildman–Crippen LogP) is 4.54. The third kappa shape index (κ3) is 4.23. The molecule has 0 unspecified atom stereocenters. The zero-order valence-corrected chi connectivity index (χ0v) is 19.6. The van der Waals surface area contributed by atoms with Crippen LogP contribution in [0.25, 0.3) is 0 Å². The van der Waals surface area contributed by atoms with Gasteiger partial charge in [-0.15, -0.1) is 0 Å². The van der Waals surface area contributed by atoms with Gasteiger partial charge in [0.1, 0.15) is 6.54 Å². The van der Waals surface area contributed by atoms with Crippen LogP contribution in [0.5, 0.6) is 0 Å². The molecule has 1 aliphatic heterocycles. The minimum absolute atomic E-state index is 0.122. The molecule has 1 fully saturated rings. The van der Waals surface area contributed by atoms with E-state index >= 15 is 0 Å². The summed E-state index contributed by atoms with van der Waals surface area (Å²) in [6.07, 6.45) is 2.86. The summed E-state index contributed by atoms with van der Waals surface area (Å²) in [5.74, 6) is -3.00. The maximum atomic E-state index is 13.5. The Morgan fingerprint density at radius 1 is 1.00 bits per heavy atom. The lowest BCUT2D eigenvalue weighted by atomic mass is 9.82. The molecule has 2 aromatic carbocycles. The highest BCUT2D eigenvalue weighted by atomic mass is 35.5. The molecule has 1 heterocycles. The van der Waals surface area contributed by atoms with Crippen LogP contribution in [0.15, 0.2) is 54.1 Å². The minimum Gasteiger partial charge on any atom is -0.292 e. The number of benzene rings is 2. The van der Waals surface area contributed by atoms with Gasteiger partial charge in [-0.2, -0.15) is 5.01 Å². The van der Waals surface area contributed by atoms with Gasteiger partial charge in [-0.1, -0.05) is 47.5 Å². The van der Waals surface area contributed by atoms with Gasteiger partial charge in [-0.25, -0.2) is 5.01 Å². The van der Waals surface area contributed by atoms with Crippen LogP contribution in [-0.2, 0) is 9.59 Å². The Labute approximate surface area is 197 Å². The number of hydrazine groups is 1. The van der Waals surface area contributed by atoms with Crippen molar-refractivity contribution >= 4 is 35.1 Å². The number of ketones is 1. The van der Waals surface area contributed by atoms with E-state index in [9.17, 15) is 19.2 Å². The quantitative estimate of drug-likeness (QED) is 0.370. The highest BCUT2D eigenvalue weighted by Gasteiger charge is 2.51. The van der Waals surface area contributed by atoms with Crippen molar-refractivity contribution in [2.24, 2.45) is 11.8 Å². The molecule has 3 amide bonds. The molecule has 7 heteroatoms. The third-order valence-corrected chi connectivity index (χ3v) is 6.83. The Hall–Kier alpha value is -3.25. The minimum atomic E-state index is -0.664. The van der Waals surface area contributed by atoms with Crippen LogP contribution in [0.4, 0.5) is 0 Å². The van der Waals surface area contributed by atoms with Gasteiger partial charge in [-0.3, -0.25) is 19.2 Å². The van der Waals surface area contributed by atoms with E-state index in [1.54, 1.807) is 30.3 Å². The molecule has 0 radical (unpaired) electrons. The average molecular weight is 465 g/mol. The zero-order valence-electron chi connectivity index (χ0n) is 18.8. The molecule has 0 spiro atoms. The molecular weight excluding hydrogens is 440 g/mol. The predicted molar refractivity (Wildman–Crippen MR) is 125 cm³/mol. The van der Waals surface area contributed by atoms with Crippen molar-refractivity contribution in [1.29, 1.82) is 0 Å². The van der Waals surface area contributed by atoms with Crippen molar-refractivity contribution in [3.63, 3.8) is 0 Å². The fourth-order valence-electron chi connectivity index (χ4n) is 4.41. The van der Waals surface area contributed by atoms with Crippen LogP contribution in [0, 0.1) is 25.7 Å². The standard InChI is InChI=1S/C26H25ClN2O4/c1-15-8-11-19-21(12-15)26(33)29(25(19)32)28(24(31)20-6-4-5-7-22(20)27)14-23(30)18-10-9-16(2)17(3)13-18/h4-10,13,19,21H,11-12,14H2,1-3H3/t19-,21-/m1/s1. The van der Waals surface area contributed by atoms with Crippen molar-refractivity contribution in [2.45, 2.75) is 33.6 Å². The lowest BCUT2D eigenvalue weighted by molar-refractivity contribution is -0.154. The maximum Gasteiger partial charge on any atom is 0.274 e. The zero-order chi connectivity index (χ0) is 23.9. The number of halogens is 1. The Kier molecular flexibility index (Phi) is 6.21. The fraction of sp³-hybridized carbons (Fsp3) is 0.308. The maximum absolute atomic E-state index is 13.5. The molecule has 1 saturated heterocycles. The van der Waals surface area contributed by atoms with Gasteiger partial charge in [0, 0.05) is 5.56 Å². The number of rotatable bonds is 5. The summed E-state index contributed by atoms with van der Waals surface area (Å²) in [5.41, 5.74) is 3.54. The summed E-state index contributed by atoms with van der Waals surface area (Å²) in [7, 11) is 0. The second-order valence-corrected chi connectivity index (χ2v) is 9.16. The van der Waals surface area contributed by atoms with Crippen LogP contribution < -0.4 is 0 Å². The summed E-state index contributed by atoms with van der Waals surface area (Å²) < 4.78 is 0. The Morgan fingerprint density at radius 2 is 1.70 bits per heavy atom. The molecule has 2 atom stereocenters. The molecule has 4 rings (SSSR count). The number of allylic oxidation sites excluding steroid dienone is 2. The third-order valence-electron chi connectivity index (χ3n) is 6.50. The number of hydrogen-bond acceptors (Lipinski definition) is 4. The van der Waals surface area contributed by atoms with E-state index in [0.29, 0.717) is 18.4 Å². The van der Waals surface area contributed by atoms with E-state index in [1.165, 1.54) is 6.07 Å². The Morgan fingerprint density at radius 3 is 2.39 bits per heavy atom. The van der Waals surface area contributed by atoms with E-state index in [0.717, 1.165) is 26.7 Å². The molecule has 2 aromatic rings. The van der Waals surface area contributed by atoms with E-state index in [4.69, 9.17) is 11.6 Å². The van der Waals surface area contributed by atoms with Gasteiger partial charge in [0.25, 0.3) is 17.7 Å². The number of hydrogen-bond donors (Lipinski definition) is 0. The summed E-state index contributed by atoms with van der Waals surface area (Å²) in [6.45, 7) is 5.31. The first-order chi connectivity index (χ1) is 15.7. The van der Waals surface area contributed by atoms with Gasteiger partial charge in [0.15, 0.2) is 5.78 Å². The van der Waals surface area contributed by atoms with Crippen molar-refractivity contribution < 1.29 is 19.2 Å². The van der Waals surface area contributed by atoms with E-state index in [-0.39, 0.29) is 16.4 Å². The molecule has 1 aliphatic carbocycles. The lowest BCUT2D eigenvalue weighted by Crippen LogP contribution is -2.52. The molecule has 170 valence electrons. The highest BCUT2D eigenvalue weighted by Crippen LogP contribution is 2.38. The monoisotopic (exact) mass is 464 g/mol. The second kappa shape index (κ2) is 8.94. The van der Waals surface area contributed by atoms with Crippen LogP contribution in [0.3, 0.4) is 0 Å². The molecule has 0 aromatic heterocycles. The Bertz CT molecular complexity index is 1200. The van der Waals surface area contributed by atoms with Gasteiger partial charge in [0.05, 0.1) is 22.4 Å². The topological polar surface area (TPSA) is 74.8 Å². The number of Topliss-reactive ketones (excluding diaryl/α,β-unsaturated/α-hetero) is 1. The summed E-state index contributed by atoms with van der Waals surface area (Å²) in [6, 6.07) is 11.7. The first kappa shape index (κ1) is 22.9. The van der Waals surface area contributed by atoms with Crippen LogP contribution >= 0.6 is 11.6 Å². The van der Waals surface area contributed by atoms with Gasteiger partial charge in [0.2, 0.25) is 0 Å². The second-order valence-electron chi connectivity index (χ2n) is 8.76. The number of imide groups is 1. The number of aryl methyl sites for hydroxylation is 2. The lowest BCUT2D eigenvalue weighted by Gasteiger charge is -2.30. The molecule has 2 aliphatic rings. The number of fused-ring (bicyclic) bond motifs is 1. The SMILES string of the molecule is CC1=CC[C@H]2C(=O)N(N(CC(=O)c3ccc(C)c(C)c3)C(=O)c3ccccc3Cl)C(=O)[C@@H]2C1. The molecule has 0 bridgehead atoms. The molecule has 6 nitrogen and oxygen atoms in total. The summed E-state index contributed by atoms with van der Waals surface area (Å²) in [5, 5.41) is 2.03. The first-order valence-corrected chi connectivity index (χ1v) is 11.3. The van der Waals surface area contributed by atoms with E-state index in [1.807, 2.05) is 32.9 Å². The molecule has 33 heavy (non-hydrogen) atoms. The fourth-order valence-corrected chi connectivity index (χ4v) is 4.62. The van der Waals surface area contributed by atoms with E-state index < -0.39 is 36.1 Å². The van der Waals surface area contributed by atoms with Crippen molar-refractivity contribution in [3.8, 4) is 0 Å². The van der Waals surface area contributed by atoms with Gasteiger partial charge < -0.3 is 0 Å². The van der Waals surface area contributed by atoms with Crippen LogP contribution in [0.1, 0.15) is 51.6 Å². The van der Waals surface area contributed by atoms with E-state index in [2.05, 4.69) is 0 Å². The largest absolute Gasteiger partial charge is 0.292 e. The number of carbonyl (C=O) groups is 4. The van der Waals surface area contributed by atoms with Crippen molar-refractivity contribution in [1.82, 2.24) is 10.0 Å². The van der Waals surface area contributed by atoms with Crippen LogP contribution in [-0.4, -0.2) is 40.1 Å². The molecule has 0 saturated carbocycles.